The number of aliphatic hydroxyl groups excluding tert-OH is 1. The zero-order chi connectivity index (χ0) is 14.9. The van der Waals surface area contributed by atoms with Crippen LogP contribution in [0.15, 0.2) is 24.3 Å². The van der Waals surface area contributed by atoms with Gasteiger partial charge in [0, 0.05) is 19.8 Å². The fourth-order valence-electron chi connectivity index (χ4n) is 3.13. The number of fused-ring (bicyclic) bond motifs is 1. The van der Waals surface area contributed by atoms with Crippen molar-refractivity contribution in [2.45, 2.75) is 25.5 Å². The Labute approximate surface area is 123 Å². The number of benzene rings is 1. The van der Waals surface area contributed by atoms with Gasteiger partial charge in [0.25, 0.3) is 0 Å². The molecule has 5 heteroatoms. The summed E-state index contributed by atoms with van der Waals surface area (Å²) in [6, 6.07) is 9.78. The molecule has 2 aliphatic rings. The molecule has 5 nitrogen and oxygen atoms in total. The van der Waals surface area contributed by atoms with Crippen LogP contribution in [0.5, 0.6) is 0 Å². The van der Waals surface area contributed by atoms with Crippen LogP contribution in [0, 0.1) is 16.7 Å². The van der Waals surface area contributed by atoms with Gasteiger partial charge in [-0.25, -0.2) is 0 Å². The molecule has 1 amide bonds. The first-order valence-corrected chi connectivity index (χ1v) is 7.20. The van der Waals surface area contributed by atoms with Crippen molar-refractivity contribution in [3.05, 3.63) is 35.4 Å². The van der Waals surface area contributed by atoms with E-state index >= 15 is 0 Å². The number of carbonyl (C=O) groups is 1. The summed E-state index contributed by atoms with van der Waals surface area (Å²) in [6.45, 7) is 1.58. The lowest BCUT2D eigenvalue weighted by Crippen LogP contribution is -2.48. The summed E-state index contributed by atoms with van der Waals surface area (Å²) in [5.41, 5.74) is 0.828. The van der Waals surface area contributed by atoms with Gasteiger partial charge in [-0.15, -0.1) is 0 Å². The maximum absolute atomic E-state index is 12.8. The Morgan fingerprint density at radius 2 is 2.10 bits per heavy atom. The summed E-state index contributed by atoms with van der Waals surface area (Å²) in [7, 11) is 0. The molecule has 2 aliphatic heterocycles. The third-order valence-electron chi connectivity index (χ3n) is 4.43. The summed E-state index contributed by atoms with van der Waals surface area (Å²) in [6.07, 6.45) is 0.169. The molecule has 0 aliphatic carbocycles. The van der Waals surface area contributed by atoms with Crippen molar-refractivity contribution in [1.82, 2.24) is 4.90 Å². The highest BCUT2D eigenvalue weighted by molar-refractivity contribution is 5.86. The first-order valence-electron chi connectivity index (χ1n) is 7.20. The van der Waals surface area contributed by atoms with Crippen molar-refractivity contribution in [2.75, 3.05) is 19.8 Å². The number of β-amino-alcohol motifs (C(OH)–C–C–N with tert-alkyl or cyclic N) is 1. The second-order valence-electron chi connectivity index (χ2n) is 5.71. The Morgan fingerprint density at radius 3 is 2.81 bits per heavy atom. The number of hydrogen-bond acceptors (Lipinski definition) is 4. The number of aliphatic hydroxyl groups is 1. The van der Waals surface area contributed by atoms with E-state index < -0.39 is 11.5 Å². The molecule has 0 spiro atoms. The molecule has 1 unspecified atom stereocenters. The highest BCUT2D eigenvalue weighted by Gasteiger charge is 2.44. The standard InChI is InChI=1S/C16H18N2O3/c17-11-16(5-7-21-8-6-16)15(20)18-9-12-3-1-2-4-13(12)14(19)10-18/h1-4,14,19H,5-10H2. The van der Waals surface area contributed by atoms with Crippen molar-refractivity contribution in [1.29, 1.82) is 5.26 Å². The monoisotopic (exact) mass is 286 g/mol. The maximum Gasteiger partial charge on any atom is 0.243 e. The van der Waals surface area contributed by atoms with E-state index in [-0.39, 0.29) is 12.5 Å². The molecule has 1 saturated heterocycles. The van der Waals surface area contributed by atoms with Crippen LogP contribution in [0.4, 0.5) is 0 Å². The number of ether oxygens (including phenoxy) is 1. The third-order valence-corrected chi connectivity index (χ3v) is 4.43. The molecule has 1 aromatic carbocycles. The van der Waals surface area contributed by atoms with Crippen molar-refractivity contribution in [3.8, 4) is 6.07 Å². The summed E-state index contributed by atoms with van der Waals surface area (Å²) in [5, 5.41) is 19.7. The second kappa shape index (κ2) is 5.47. The van der Waals surface area contributed by atoms with Gasteiger partial charge in [-0.2, -0.15) is 5.26 Å². The lowest BCUT2D eigenvalue weighted by Gasteiger charge is -2.38. The molecule has 1 N–H and O–H groups in total. The number of rotatable bonds is 1. The van der Waals surface area contributed by atoms with E-state index in [4.69, 9.17) is 4.74 Å². The van der Waals surface area contributed by atoms with E-state index in [1.807, 2.05) is 24.3 Å². The molecule has 0 bridgehead atoms. The van der Waals surface area contributed by atoms with Crippen LogP contribution in [0.2, 0.25) is 0 Å². The van der Waals surface area contributed by atoms with E-state index in [1.54, 1.807) is 4.90 Å². The van der Waals surface area contributed by atoms with Gasteiger partial charge >= 0.3 is 0 Å². The SMILES string of the molecule is N#CC1(C(=O)N2Cc3ccccc3C(O)C2)CCOCC1. The molecular weight excluding hydrogens is 268 g/mol. The van der Waals surface area contributed by atoms with Gasteiger partial charge in [0.2, 0.25) is 5.91 Å². The first kappa shape index (κ1) is 14.1. The molecule has 110 valence electrons. The zero-order valence-corrected chi connectivity index (χ0v) is 11.8. The molecule has 1 atom stereocenters. The molecule has 3 rings (SSSR count). The Balaban J connectivity index is 1.85. The summed E-state index contributed by atoms with van der Waals surface area (Å²) >= 11 is 0. The summed E-state index contributed by atoms with van der Waals surface area (Å²) < 4.78 is 5.27. The van der Waals surface area contributed by atoms with Crippen LogP contribution >= 0.6 is 0 Å². The fourth-order valence-corrected chi connectivity index (χ4v) is 3.13. The minimum Gasteiger partial charge on any atom is -0.387 e. The van der Waals surface area contributed by atoms with Crippen LogP contribution < -0.4 is 0 Å². The van der Waals surface area contributed by atoms with Crippen molar-refractivity contribution >= 4 is 5.91 Å². The van der Waals surface area contributed by atoms with Crippen LogP contribution in [-0.2, 0) is 16.1 Å². The number of hydrogen-bond donors (Lipinski definition) is 1. The predicted molar refractivity (Wildman–Crippen MR) is 74.9 cm³/mol. The summed E-state index contributed by atoms with van der Waals surface area (Å²) in [4.78, 5) is 14.4. The van der Waals surface area contributed by atoms with Gasteiger partial charge in [0.05, 0.1) is 18.7 Å². The molecule has 2 heterocycles. The Hall–Kier alpha value is -1.90. The van der Waals surface area contributed by atoms with Gasteiger partial charge < -0.3 is 14.7 Å². The largest absolute Gasteiger partial charge is 0.387 e. The van der Waals surface area contributed by atoms with Gasteiger partial charge in [-0.3, -0.25) is 4.79 Å². The van der Waals surface area contributed by atoms with Crippen LogP contribution in [0.1, 0.15) is 30.1 Å². The van der Waals surface area contributed by atoms with E-state index in [1.165, 1.54) is 0 Å². The molecule has 0 aromatic heterocycles. The van der Waals surface area contributed by atoms with Crippen LogP contribution in [-0.4, -0.2) is 35.7 Å². The number of nitrogens with zero attached hydrogens (tertiary/aromatic N) is 2. The number of amides is 1. The minimum atomic E-state index is -0.996. The number of nitriles is 1. The third kappa shape index (κ3) is 2.41. The molecule has 21 heavy (non-hydrogen) atoms. The Bertz CT molecular complexity index is 587. The normalized spacial score (nSPS) is 24.0. The Kier molecular flexibility index (Phi) is 3.66. The van der Waals surface area contributed by atoms with Crippen LogP contribution in [0.25, 0.3) is 0 Å². The lowest BCUT2D eigenvalue weighted by atomic mass is 9.79. The molecule has 0 saturated carbocycles. The average Bonchev–Trinajstić information content (AvgIpc) is 2.54. The highest BCUT2D eigenvalue weighted by atomic mass is 16.5. The molecule has 1 fully saturated rings. The van der Waals surface area contributed by atoms with Crippen molar-refractivity contribution in [2.24, 2.45) is 5.41 Å². The minimum absolute atomic E-state index is 0.179. The van der Waals surface area contributed by atoms with Gasteiger partial charge in [-0.05, 0) is 24.0 Å². The lowest BCUT2D eigenvalue weighted by molar-refractivity contribution is -0.146. The quantitative estimate of drug-likeness (QED) is 0.846. The number of carbonyl (C=O) groups excluding carboxylic acids is 1. The summed E-state index contributed by atoms with van der Waals surface area (Å²) in [5.74, 6) is -0.179. The Morgan fingerprint density at radius 1 is 1.38 bits per heavy atom. The maximum atomic E-state index is 12.8. The molecule has 0 radical (unpaired) electrons. The van der Waals surface area contributed by atoms with Crippen molar-refractivity contribution < 1.29 is 14.6 Å². The fraction of sp³-hybridized carbons (Fsp3) is 0.500. The molecule has 1 aromatic rings. The van der Waals surface area contributed by atoms with Gasteiger partial charge in [0.1, 0.15) is 5.41 Å². The van der Waals surface area contributed by atoms with E-state index in [9.17, 15) is 15.2 Å². The van der Waals surface area contributed by atoms with Gasteiger partial charge in [-0.1, -0.05) is 24.3 Å². The van der Waals surface area contributed by atoms with Gasteiger partial charge in [0.15, 0.2) is 0 Å². The van der Waals surface area contributed by atoms with Crippen LogP contribution in [0.3, 0.4) is 0 Å². The van der Waals surface area contributed by atoms with Crippen molar-refractivity contribution in [3.63, 3.8) is 0 Å². The van der Waals surface area contributed by atoms with E-state index in [0.29, 0.717) is 32.6 Å². The topological polar surface area (TPSA) is 73.6 Å². The van der Waals surface area contributed by atoms with E-state index in [2.05, 4.69) is 6.07 Å². The zero-order valence-electron chi connectivity index (χ0n) is 11.8. The smallest absolute Gasteiger partial charge is 0.243 e. The first-order chi connectivity index (χ1) is 10.2. The highest BCUT2D eigenvalue weighted by Crippen LogP contribution is 2.35. The second-order valence-corrected chi connectivity index (χ2v) is 5.71. The predicted octanol–water partition coefficient (Wildman–Crippen LogP) is 1.38. The average molecular weight is 286 g/mol. The molecular formula is C16H18N2O3. The van der Waals surface area contributed by atoms with E-state index in [0.717, 1.165) is 11.1 Å².